The van der Waals surface area contributed by atoms with Crippen LogP contribution in [0.4, 0.5) is 5.69 Å². The minimum Gasteiger partial charge on any atom is -0.374 e. The molecule has 0 bridgehead atoms. The number of likely N-dealkylation sites (tertiary alicyclic amines) is 1. The number of benzene rings is 1. The first-order valence-corrected chi connectivity index (χ1v) is 6.19. The number of nitrogens with one attached hydrogen (secondary N) is 1. The number of carbonyl (C=O) groups is 1. The topological polar surface area (TPSA) is 32.3 Å². The van der Waals surface area contributed by atoms with Crippen LogP contribution in [0.2, 0.25) is 0 Å². The molecule has 0 radical (unpaired) electrons. The van der Waals surface area contributed by atoms with Gasteiger partial charge in [0, 0.05) is 19.3 Å². The van der Waals surface area contributed by atoms with Crippen molar-refractivity contribution in [2.75, 3.05) is 18.9 Å². The van der Waals surface area contributed by atoms with Crippen molar-refractivity contribution in [2.45, 2.75) is 32.2 Å². The van der Waals surface area contributed by atoms with Crippen molar-refractivity contribution in [2.24, 2.45) is 0 Å². The Balaban J connectivity index is 2.09. The molecule has 0 aromatic heterocycles. The summed E-state index contributed by atoms with van der Waals surface area (Å²) in [7, 11) is 1.86. The van der Waals surface area contributed by atoms with Crippen LogP contribution in [-0.2, 0) is 4.79 Å². The van der Waals surface area contributed by atoms with Gasteiger partial charge >= 0.3 is 0 Å². The van der Waals surface area contributed by atoms with Gasteiger partial charge in [-0.25, -0.2) is 0 Å². The average Bonchev–Trinajstić information content (AvgIpc) is 2.61. The Morgan fingerprint density at radius 2 is 2.18 bits per heavy atom. The zero-order chi connectivity index (χ0) is 12.4. The molecule has 1 heterocycles. The third kappa shape index (κ3) is 2.60. The van der Waals surface area contributed by atoms with E-state index in [0.717, 1.165) is 18.7 Å². The van der Waals surface area contributed by atoms with Crippen LogP contribution in [0.5, 0.6) is 0 Å². The molecule has 1 fully saturated rings. The van der Waals surface area contributed by atoms with Crippen molar-refractivity contribution in [3.05, 3.63) is 29.8 Å². The molecule has 1 aromatic rings. The van der Waals surface area contributed by atoms with Gasteiger partial charge in [-0.2, -0.15) is 0 Å². The molecule has 1 amide bonds. The number of likely N-dealkylation sites (N-methyl/N-ethyl adjacent to an activating group) is 1. The van der Waals surface area contributed by atoms with Crippen molar-refractivity contribution in [3.8, 4) is 0 Å². The van der Waals surface area contributed by atoms with E-state index in [1.165, 1.54) is 5.56 Å². The number of carbonyl (C=O) groups excluding carboxylic acids is 1. The van der Waals surface area contributed by atoms with Gasteiger partial charge in [-0.15, -0.1) is 0 Å². The molecule has 92 valence electrons. The molecule has 1 N–H and O–H groups in total. The summed E-state index contributed by atoms with van der Waals surface area (Å²) in [6, 6.07) is 8.27. The summed E-state index contributed by atoms with van der Waals surface area (Å²) in [6.45, 7) is 5.20. The fourth-order valence-corrected chi connectivity index (χ4v) is 2.15. The summed E-state index contributed by atoms with van der Waals surface area (Å²) in [5.74, 6) is 0.707. The molecule has 0 spiro atoms. The van der Waals surface area contributed by atoms with Crippen molar-refractivity contribution in [3.63, 3.8) is 0 Å². The number of anilines is 1. The molecule has 17 heavy (non-hydrogen) atoms. The minimum atomic E-state index is -0.0533. The molecule has 0 aliphatic carbocycles. The molecular formula is C14H20N2O. The second-order valence-corrected chi connectivity index (χ2v) is 5.03. The van der Waals surface area contributed by atoms with Gasteiger partial charge in [0.05, 0.1) is 0 Å². The summed E-state index contributed by atoms with van der Waals surface area (Å²) in [5, 5.41) is 3.33. The molecule has 2 rings (SSSR count). The van der Waals surface area contributed by atoms with Gasteiger partial charge in [0.2, 0.25) is 5.91 Å². The van der Waals surface area contributed by atoms with Gasteiger partial charge in [0.25, 0.3) is 0 Å². The molecule has 1 aliphatic heterocycles. The second kappa shape index (κ2) is 4.78. The normalized spacial score (nSPS) is 20.1. The Morgan fingerprint density at radius 3 is 2.76 bits per heavy atom. The number of amides is 1. The van der Waals surface area contributed by atoms with Gasteiger partial charge < -0.3 is 10.2 Å². The third-order valence-electron chi connectivity index (χ3n) is 3.32. The lowest BCUT2D eigenvalue weighted by molar-refractivity contribution is -0.127. The summed E-state index contributed by atoms with van der Waals surface area (Å²) in [4.78, 5) is 13.6. The van der Waals surface area contributed by atoms with Gasteiger partial charge in [-0.05, 0) is 30.0 Å². The molecular weight excluding hydrogens is 212 g/mol. The lowest BCUT2D eigenvalue weighted by Gasteiger charge is -2.15. The highest BCUT2D eigenvalue weighted by Crippen LogP contribution is 2.21. The summed E-state index contributed by atoms with van der Waals surface area (Å²) < 4.78 is 0. The predicted molar refractivity (Wildman–Crippen MR) is 70.2 cm³/mol. The SMILES string of the molecule is CC(C)c1cccc(NC2CCN(C)C2=O)c1. The van der Waals surface area contributed by atoms with E-state index in [1.54, 1.807) is 4.90 Å². The van der Waals surface area contributed by atoms with Crippen molar-refractivity contribution in [1.82, 2.24) is 4.90 Å². The number of hydrogen-bond acceptors (Lipinski definition) is 2. The maximum absolute atomic E-state index is 11.8. The van der Waals surface area contributed by atoms with E-state index in [0.29, 0.717) is 5.92 Å². The standard InChI is InChI=1S/C14H20N2O/c1-10(2)11-5-4-6-12(9-11)15-13-7-8-16(3)14(13)17/h4-6,9-10,13,15H,7-8H2,1-3H3. The molecule has 3 nitrogen and oxygen atoms in total. The highest BCUT2D eigenvalue weighted by Gasteiger charge is 2.28. The first-order chi connectivity index (χ1) is 8.08. The second-order valence-electron chi connectivity index (χ2n) is 5.03. The van der Waals surface area contributed by atoms with Crippen LogP contribution < -0.4 is 5.32 Å². The lowest BCUT2D eigenvalue weighted by atomic mass is 10.0. The molecule has 1 aromatic carbocycles. The molecule has 1 saturated heterocycles. The lowest BCUT2D eigenvalue weighted by Crippen LogP contribution is -2.30. The van der Waals surface area contributed by atoms with E-state index in [1.807, 2.05) is 19.2 Å². The first kappa shape index (κ1) is 12.0. The van der Waals surface area contributed by atoms with Crippen LogP contribution in [0.25, 0.3) is 0 Å². The minimum absolute atomic E-state index is 0.0533. The Labute approximate surface area is 103 Å². The van der Waals surface area contributed by atoms with Crippen LogP contribution in [-0.4, -0.2) is 30.4 Å². The summed E-state index contributed by atoms with van der Waals surface area (Å²) >= 11 is 0. The maximum atomic E-state index is 11.8. The van der Waals surface area contributed by atoms with Crippen LogP contribution in [0.15, 0.2) is 24.3 Å². The van der Waals surface area contributed by atoms with E-state index >= 15 is 0 Å². The van der Waals surface area contributed by atoms with Gasteiger partial charge in [-0.3, -0.25) is 4.79 Å². The van der Waals surface area contributed by atoms with E-state index in [9.17, 15) is 4.79 Å². The molecule has 3 heteroatoms. The Kier molecular flexibility index (Phi) is 3.36. The molecule has 1 atom stereocenters. The fraction of sp³-hybridized carbons (Fsp3) is 0.500. The number of nitrogens with zero attached hydrogens (tertiary/aromatic N) is 1. The van der Waals surface area contributed by atoms with Crippen molar-refractivity contribution in [1.29, 1.82) is 0 Å². The van der Waals surface area contributed by atoms with Crippen molar-refractivity contribution < 1.29 is 4.79 Å². The zero-order valence-electron chi connectivity index (χ0n) is 10.7. The first-order valence-electron chi connectivity index (χ1n) is 6.19. The third-order valence-corrected chi connectivity index (χ3v) is 3.32. The highest BCUT2D eigenvalue weighted by molar-refractivity contribution is 5.86. The molecule has 1 aliphatic rings. The van der Waals surface area contributed by atoms with Crippen LogP contribution >= 0.6 is 0 Å². The number of hydrogen-bond donors (Lipinski definition) is 1. The molecule has 1 unspecified atom stereocenters. The highest BCUT2D eigenvalue weighted by atomic mass is 16.2. The summed E-state index contributed by atoms with van der Waals surface area (Å²) in [6.07, 6.45) is 0.890. The number of rotatable bonds is 3. The van der Waals surface area contributed by atoms with E-state index in [-0.39, 0.29) is 11.9 Å². The van der Waals surface area contributed by atoms with E-state index < -0.39 is 0 Å². The Bertz CT molecular complexity index is 414. The predicted octanol–water partition coefficient (Wildman–Crippen LogP) is 2.45. The maximum Gasteiger partial charge on any atom is 0.244 e. The monoisotopic (exact) mass is 232 g/mol. The molecule has 0 saturated carbocycles. The van der Waals surface area contributed by atoms with Crippen LogP contribution in [0.1, 0.15) is 31.7 Å². The zero-order valence-corrected chi connectivity index (χ0v) is 10.7. The fourth-order valence-electron chi connectivity index (χ4n) is 2.15. The van der Waals surface area contributed by atoms with Gasteiger partial charge in [-0.1, -0.05) is 26.0 Å². The van der Waals surface area contributed by atoms with E-state index in [2.05, 4.69) is 31.3 Å². The van der Waals surface area contributed by atoms with Gasteiger partial charge in [0.1, 0.15) is 6.04 Å². The largest absolute Gasteiger partial charge is 0.374 e. The quantitative estimate of drug-likeness (QED) is 0.868. The Hall–Kier alpha value is -1.51. The van der Waals surface area contributed by atoms with Gasteiger partial charge in [0.15, 0.2) is 0 Å². The van der Waals surface area contributed by atoms with Crippen LogP contribution in [0, 0.1) is 0 Å². The summed E-state index contributed by atoms with van der Waals surface area (Å²) in [5.41, 5.74) is 2.35. The van der Waals surface area contributed by atoms with E-state index in [4.69, 9.17) is 0 Å². The van der Waals surface area contributed by atoms with Crippen LogP contribution in [0.3, 0.4) is 0 Å². The Morgan fingerprint density at radius 1 is 1.41 bits per heavy atom. The average molecular weight is 232 g/mol. The van der Waals surface area contributed by atoms with Crippen molar-refractivity contribution >= 4 is 11.6 Å². The smallest absolute Gasteiger partial charge is 0.244 e.